The van der Waals surface area contributed by atoms with Crippen LogP contribution >= 0.6 is 0 Å². The fraction of sp³-hybridized carbons (Fsp3) is 0.286. The van der Waals surface area contributed by atoms with E-state index in [1.54, 1.807) is 31.2 Å². The Labute approximate surface area is 168 Å². The molecule has 2 amide bonds. The number of hydrogen-bond donors (Lipinski definition) is 1. The predicted octanol–water partition coefficient (Wildman–Crippen LogP) is 2.25. The van der Waals surface area contributed by atoms with E-state index >= 15 is 0 Å². The van der Waals surface area contributed by atoms with E-state index in [-0.39, 0.29) is 37.3 Å². The third kappa shape index (κ3) is 6.50. The molecule has 0 heterocycles. The van der Waals surface area contributed by atoms with Crippen molar-refractivity contribution in [1.29, 1.82) is 5.26 Å². The van der Waals surface area contributed by atoms with Crippen LogP contribution in [0.3, 0.4) is 0 Å². The van der Waals surface area contributed by atoms with Gasteiger partial charge < -0.3 is 19.7 Å². The van der Waals surface area contributed by atoms with Crippen LogP contribution < -0.4 is 14.8 Å². The van der Waals surface area contributed by atoms with Crippen molar-refractivity contribution in [1.82, 2.24) is 10.2 Å². The number of rotatable bonds is 9. The van der Waals surface area contributed by atoms with Gasteiger partial charge >= 0.3 is 0 Å². The van der Waals surface area contributed by atoms with Gasteiger partial charge in [-0.1, -0.05) is 12.1 Å². The summed E-state index contributed by atoms with van der Waals surface area (Å²) in [6, 6.07) is 12.4. The molecule has 0 atom stereocenters. The number of benzene rings is 2. The van der Waals surface area contributed by atoms with Crippen LogP contribution in [0.5, 0.6) is 11.5 Å². The molecule has 0 spiro atoms. The molecule has 0 unspecified atom stereocenters. The van der Waals surface area contributed by atoms with Gasteiger partial charge in [0.25, 0.3) is 5.91 Å². The summed E-state index contributed by atoms with van der Waals surface area (Å²) in [6.07, 6.45) is 0. The largest absolute Gasteiger partial charge is 0.493 e. The summed E-state index contributed by atoms with van der Waals surface area (Å²) in [4.78, 5) is 25.9. The van der Waals surface area contributed by atoms with Crippen molar-refractivity contribution in [3.05, 3.63) is 59.4 Å². The smallest absolute Gasteiger partial charge is 0.260 e. The normalized spacial score (nSPS) is 10.0. The van der Waals surface area contributed by atoms with E-state index in [2.05, 4.69) is 5.32 Å². The molecule has 0 aliphatic rings. The third-order valence-electron chi connectivity index (χ3n) is 4.12. The lowest BCUT2D eigenvalue weighted by Crippen LogP contribution is -2.42. The Morgan fingerprint density at radius 2 is 1.90 bits per heavy atom. The molecule has 0 aliphatic heterocycles. The van der Waals surface area contributed by atoms with Gasteiger partial charge in [0.2, 0.25) is 5.91 Å². The van der Waals surface area contributed by atoms with Crippen molar-refractivity contribution >= 4 is 11.8 Å². The molecule has 0 saturated heterocycles. The van der Waals surface area contributed by atoms with Gasteiger partial charge in [-0.25, -0.2) is 4.39 Å². The zero-order valence-electron chi connectivity index (χ0n) is 16.3. The average molecular weight is 399 g/mol. The Bertz CT molecular complexity index is 894. The second-order valence-corrected chi connectivity index (χ2v) is 6.08. The first-order chi connectivity index (χ1) is 14.0. The van der Waals surface area contributed by atoms with E-state index in [0.717, 1.165) is 5.56 Å². The van der Waals surface area contributed by atoms with Gasteiger partial charge in [-0.2, -0.15) is 5.26 Å². The van der Waals surface area contributed by atoms with Gasteiger partial charge in [-0.3, -0.25) is 9.59 Å². The molecule has 2 aromatic rings. The lowest BCUT2D eigenvalue weighted by Gasteiger charge is -2.21. The Kier molecular flexibility index (Phi) is 7.98. The van der Waals surface area contributed by atoms with Crippen molar-refractivity contribution in [2.45, 2.75) is 13.5 Å². The number of nitrogens with zero attached hydrogens (tertiary/aromatic N) is 2. The molecule has 0 aromatic heterocycles. The summed E-state index contributed by atoms with van der Waals surface area (Å²) in [5.74, 6) is -0.369. The van der Waals surface area contributed by atoms with Crippen molar-refractivity contribution < 1.29 is 23.5 Å². The molecule has 7 nitrogen and oxygen atoms in total. The highest BCUT2D eigenvalue weighted by atomic mass is 19.1. The minimum Gasteiger partial charge on any atom is -0.493 e. The zero-order chi connectivity index (χ0) is 21.2. The Balaban J connectivity index is 1.87. The SMILES string of the molecule is CCN(CC(=O)NCc1ccc(F)cc1)C(=O)COc1ccc(C#N)cc1OC. The molecule has 1 N–H and O–H groups in total. The van der Waals surface area contributed by atoms with Gasteiger partial charge in [-0.05, 0) is 36.8 Å². The number of methoxy groups -OCH3 is 1. The summed E-state index contributed by atoms with van der Waals surface area (Å²) in [7, 11) is 1.44. The highest BCUT2D eigenvalue weighted by Crippen LogP contribution is 2.27. The summed E-state index contributed by atoms with van der Waals surface area (Å²) in [5, 5.41) is 11.6. The maximum absolute atomic E-state index is 12.9. The van der Waals surface area contributed by atoms with Crippen LogP contribution in [0.1, 0.15) is 18.1 Å². The molecular formula is C21H22FN3O4. The highest BCUT2D eigenvalue weighted by Gasteiger charge is 2.17. The first-order valence-corrected chi connectivity index (χ1v) is 8.96. The summed E-state index contributed by atoms with van der Waals surface area (Å²) >= 11 is 0. The molecule has 152 valence electrons. The molecular weight excluding hydrogens is 377 g/mol. The third-order valence-corrected chi connectivity index (χ3v) is 4.12. The summed E-state index contributed by atoms with van der Waals surface area (Å²) in [6.45, 7) is 1.93. The monoisotopic (exact) mass is 399 g/mol. The molecule has 0 aliphatic carbocycles. The van der Waals surface area contributed by atoms with E-state index < -0.39 is 0 Å². The number of hydrogen-bond acceptors (Lipinski definition) is 5. The van der Waals surface area contributed by atoms with Crippen LogP contribution in [0.25, 0.3) is 0 Å². The average Bonchev–Trinajstić information content (AvgIpc) is 2.75. The van der Waals surface area contributed by atoms with Crippen molar-refractivity contribution in [3.63, 3.8) is 0 Å². The number of nitriles is 1. The van der Waals surface area contributed by atoms with Gasteiger partial charge in [0.05, 0.1) is 25.3 Å². The van der Waals surface area contributed by atoms with Gasteiger partial charge in [0, 0.05) is 19.2 Å². The second-order valence-electron chi connectivity index (χ2n) is 6.08. The molecule has 8 heteroatoms. The lowest BCUT2D eigenvalue weighted by molar-refractivity contribution is -0.137. The molecule has 2 rings (SSSR count). The number of carbonyl (C=O) groups is 2. The molecule has 0 radical (unpaired) electrons. The van der Waals surface area contributed by atoms with E-state index in [1.165, 1.54) is 30.2 Å². The Hall–Kier alpha value is -3.60. The summed E-state index contributed by atoms with van der Waals surface area (Å²) < 4.78 is 23.6. The lowest BCUT2D eigenvalue weighted by atomic mass is 10.2. The van der Waals surface area contributed by atoms with Crippen LogP contribution in [0.15, 0.2) is 42.5 Å². The minimum absolute atomic E-state index is 0.121. The van der Waals surface area contributed by atoms with E-state index in [0.29, 0.717) is 23.6 Å². The van der Waals surface area contributed by atoms with Crippen LogP contribution in [-0.2, 0) is 16.1 Å². The fourth-order valence-electron chi connectivity index (χ4n) is 2.50. The van der Waals surface area contributed by atoms with Gasteiger partial charge in [0.1, 0.15) is 5.82 Å². The van der Waals surface area contributed by atoms with E-state index in [9.17, 15) is 14.0 Å². The number of ether oxygens (including phenoxy) is 2. The quantitative estimate of drug-likeness (QED) is 0.698. The van der Waals surface area contributed by atoms with Crippen LogP contribution in [0.4, 0.5) is 4.39 Å². The minimum atomic E-state index is -0.365. The molecule has 0 bridgehead atoms. The first kappa shape index (κ1) is 21.7. The zero-order valence-corrected chi connectivity index (χ0v) is 16.3. The molecule has 0 fully saturated rings. The first-order valence-electron chi connectivity index (χ1n) is 8.96. The van der Waals surface area contributed by atoms with E-state index in [4.69, 9.17) is 14.7 Å². The van der Waals surface area contributed by atoms with Crippen LogP contribution in [0.2, 0.25) is 0 Å². The van der Waals surface area contributed by atoms with Gasteiger partial charge in [0.15, 0.2) is 18.1 Å². The molecule has 29 heavy (non-hydrogen) atoms. The predicted molar refractivity (Wildman–Crippen MR) is 104 cm³/mol. The number of carbonyl (C=O) groups excluding carboxylic acids is 2. The number of amides is 2. The van der Waals surface area contributed by atoms with Crippen LogP contribution in [-0.4, -0.2) is 43.5 Å². The maximum atomic E-state index is 12.9. The Morgan fingerprint density at radius 1 is 1.17 bits per heavy atom. The number of nitrogens with one attached hydrogen (secondary N) is 1. The van der Waals surface area contributed by atoms with Gasteiger partial charge in [-0.15, -0.1) is 0 Å². The number of halogens is 1. The Morgan fingerprint density at radius 3 is 2.52 bits per heavy atom. The fourth-order valence-corrected chi connectivity index (χ4v) is 2.50. The summed E-state index contributed by atoms with van der Waals surface area (Å²) in [5.41, 5.74) is 1.17. The standard InChI is InChI=1S/C21H22FN3O4/c1-3-25(13-20(26)24-12-15-4-7-17(22)8-5-15)21(27)14-29-18-9-6-16(11-23)10-19(18)28-2/h4-10H,3,12-14H2,1-2H3,(H,24,26). The second kappa shape index (κ2) is 10.7. The maximum Gasteiger partial charge on any atom is 0.260 e. The van der Waals surface area contributed by atoms with Crippen molar-refractivity contribution in [3.8, 4) is 17.6 Å². The van der Waals surface area contributed by atoms with Crippen molar-refractivity contribution in [2.24, 2.45) is 0 Å². The van der Waals surface area contributed by atoms with Crippen LogP contribution in [0, 0.1) is 17.1 Å². The number of likely N-dealkylation sites (N-methyl/N-ethyl adjacent to an activating group) is 1. The molecule has 0 saturated carbocycles. The van der Waals surface area contributed by atoms with Crippen molar-refractivity contribution in [2.75, 3.05) is 26.8 Å². The highest BCUT2D eigenvalue weighted by molar-refractivity contribution is 5.85. The van der Waals surface area contributed by atoms with E-state index in [1.807, 2.05) is 6.07 Å². The topological polar surface area (TPSA) is 91.7 Å². The molecule has 2 aromatic carbocycles.